The minimum absolute atomic E-state index is 0.0100. The topological polar surface area (TPSA) is 202 Å². The van der Waals surface area contributed by atoms with E-state index >= 15 is 0 Å². The first-order valence-corrected chi connectivity index (χ1v) is 6.69. The van der Waals surface area contributed by atoms with Crippen molar-refractivity contribution in [1.82, 2.24) is 0 Å². The number of carboxylic acid groups (broad SMARTS) is 1. The van der Waals surface area contributed by atoms with Crippen LogP contribution >= 0.6 is 0 Å². The summed E-state index contributed by atoms with van der Waals surface area (Å²) in [5, 5.41) is 31.3. The van der Waals surface area contributed by atoms with Gasteiger partial charge in [0.1, 0.15) is 11.1 Å². The molecular weight excluding hydrogens is 352 g/mol. The molecule has 2 aromatic rings. The Balaban J connectivity index is 2.57. The van der Waals surface area contributed by atoms with Crippen LogP contribution < -0.4 is 16.2 Å². The van der Waals surface area contributed by atoms with Crippen LogP contribution in [0.15, 0.2) is 30.3 Å². The lowest BCUT2D eigenvalue weighted by Gasteiger charge is -2.09. The monoisotopic (exact) mass is 362 g/mol. The number of nitrogen functional groups attached to an aromatic ring is 2. The number of hydrogen-bond donors (Lipinski definition) is 3. The van der Waals surface area contributed by atoms with Gasteiger partial charge in [-0.25, -0.2) is 9.59 Å². The van der Waals surface area contributed by atoms with Gasteiger partial charge in [0.25, 0.3) is 5.69 Å². The molecule has 0 atom stereocenters. The maximum atomic E-state index is 12.3. The van der Waals surface area contributed by atoms with Crippen LogP contribution in [0.3, 0.4) is 0 Å². The van der Waals surface area contributed by atoms with E-state index in [1.54, 1.807) is 0 Å². The molecular formula is C14H10N4O8. The minimum atomic E-state index is -1.67. The molecule has 26 heavy (non-hydrogen) atoms. The van der Waals surface area contributed by atoms with Crippen molar-refractivity contribution in [2.45, 2.75) is 0 Å². The Hall–Kier alpha value is -4.22. The highest BCUT2D eigenvalue weighted by atomic mass is 16.6. The SMILES string of the molecule is Nc1ccc([N+](=O)[O-])c(C(=O)Oc2cc(N)cc(C(=O)O)c2[N+](=O)[O-])c1. The molecule has 0 bridgehead atoms. The van der Waals surface area contributed by atoms with Gasteiger partial charge in [0.15, 0.2) is 0 Å². The van der Waals surface area contributed by atoms with Crippen LogP contribution in [-0.4, -0.2) is 26.9 Å². The molecule has 2 rings (SSSR count). The molecule has 134 valence electrons. The van der Waals surface area contributed by atoms with E-state index in [9.17, 15) is 29.8 Å². The van der Waals surface area contributed by atoms with Gasteiger partial charge in [0.05, 0.1) is 9.85 Å². The quantitative estimate of drug-likeness (QED) is 0.230. The van der Waals surface area contributed by atoms with Gasteiger partial charge >= 0.3 is 17.6 Å². The molecule has 0 saturated heterocycles. The Morgan fingerprint density at radius 1 is 0.962 bits per heavy atom. The zero-order valence-electron chi connectivity index (χ0n) is 12.7. The number of nitrogens with zero attached hydrogens (tertiary/aromatic N) is 2. The number of nitro groups is 2. The van der Waals surface area contributed by atoms with Crippen molar-refractivity contribution >= 4 is 34.7 Å². The first-order chi connectivity index (χ1) is 12.1. The Bertz CT molecular complexity index is 956. The predicted octanol–water partition coefficient (Wildman–Crippen LogP) is 1.58. The number of carbonyl (C=O) groups is 2. The van der Waals surface area contributed by atoms with E-state index in [-0.39, 0.29) is 11.4 Å². The smallest absolute Gasteiger partial charge is 0.350 e. The second kappa shape index (κ2) is 6.72. The third-order valence-electron chi connectivity index (χ3n) is 3.15. The number of hydrogen-bond acceptors (Lipinski definition) is 9. The Morgan fingerprint density at radius 3 is 2.12 bits per heavy atom. The average molecular weight is 362 g/mol. The van der Waals surface area contributed by atoms with E-state index in [4.69, 9.17) is 21.3 Å². The summed E-state index contributed by atoms with van der Waals surface area (Å²) in [4.78, 5) is 43.7. The van der Waals surface area contributed by atoms with Gasteiger partial charge < -0.3 is 21.3 Å². The molecule has 12 nitrogen and oxygen atoms in total. The van der Waals surface area contributed by atoms with Gasteiger partial charge in [-0.3, -0.25) is 20.2 Å². The highest BCUT2D eigenvalue weighted by Crippen LogP contribution is 2.35. The van der Waals surface area contributed by atoms with E-state index in [0.717, 1.165) is 24.3 Å². The lowest BCUT2D eigenvalue weighted by atomic mass is 10.1. The third-order valence-corrected chi connectivity index (χ3v) is 3.15. The van der Waals surface area contributed by atoms with E-state index in [1.165, 1.54) is 6.07 Å². The van der Waals surface area contributed by atoms with Crippen LogP contribution in [0.25, 0.3) is 0 Å². The number of carboxylic acids is 1. The van der Waals surface area contributed by atoms with Gasteiger partial charge in [-0.15, -0.1) is 0 Å². The summed E-state index contributed by atoms with van der Waals surface area (Å²) >= 11 is 0. The van der Waals surface area contributed by atoms with Gasteiger partial charge in [0, 0.05) is 23.5 Å². The van der Waals surface area contributed by atoms with Crippen molar-refractivity contribution in [2.24, 2.45) is 0 Å². The highest BCUT2D eigenvalue weighted by molar-refractivity contribution is 5.99. The van der Waals surface area contributed by atoms with Crippen molar-refractivity contribution < 1.29 is 29.3 Å². The van der Waals surface area contributed by atoms with E-state index in [0.29, 0.717) is 0 Å². The van der Waals surface area contributed by atoms with Crippen LogP contribution in [0.4, 0.5) is 22.7 Å². The molecule has 0 amide bonds. The summed E-state index contributed by atoms with van der Waals surface area (Å²) in [6.45, 7) is 0. The Kier molecular flexibility index (Phi) is 4.68. The number of anilines is 2. The molecule has 5 N–H and O–H groups in total. The van der Waals surface area contributed by atoms with Crippen molar-refractivity contribution in [1.29, 1.82) is 0 Å². The molecule has 0 aliphatic heterocycles. The van der Waals surface area contributed by atoms with Crippen LogP contribution in [0.2, 0.25) is 0 Å². The summed E-state index contributed by atoms with van der Waals surface area (Å²) in [6, 6.07) is 4.78. The maximum absolute atomic E-state index is 12.3. The lowest BCUT2D eigenvalue weighted by Crippen LogP contribution is -2.14. The molecule has 0 aromatic heterocycles. The summed E-state index contributed by atoms with van der Waals surface area (Å²) in [5.41, 5.74) is 7.71. The molecule has 0 radical (unpaired) electrons. The number of ether oxygens (including phenoxy) is 1. The Labute approximate surface area is 143 Å². The van der Waals surface area contributed by atoms with Gasteiger partial charge in [-0.2, -0.15) is 0 Å². The zero-order valence-corrected chi connectivity index (χ0v) is 12.7. The molecule has 0 spiro atoms. The zero-order chi connectivity index (χ0) is 19.6. The molecule has 0 fully saturated rings. The second-order valence-electron chi connectivity index (χ2n) is 4.90. The summed E-state index contributed by atoms with van der Waals surface area (Å²) in [5.74, 6) is -3.78. The van der Waals surface area contributed by atoms with Gasteiger partial charge in [-0.1, -0.05) is 0 Å². The maximum Gasteiger partial charge on any atom is 0.350 e. The number of carbonyl (C=O) groups excluding carboxylic acids is 1. The number of rotatable bonds is 5. The lowest BCUT2D eigenvalue weighted by molar-refractivity contribution is -0.386. The number of aromatic carboxylic acids is 1. The van der Waals surface area contributed by atoms with Crippen LogP contribution in [0.1, 0.15) is 20.7 Å². The Morgan fingerprint density at radius 2 is 1.58 bits per heavy atom. The van der Waals surface area contributed by atoms with Crippen LogP contribution in [0, 0.1) is 20.2 Å². The fourth-order valence-electron chi connectivity index (χ4n) is 2.09. The van der Waals surface area contributed by atoms with Crippen molar-refractivity contribution in [3.8, 4) is 5.75 Å². The van der Waals surface area contributed by atoms with E-state index in [2.05, 4.69) is 0 Å². The standard InChI is InChI=1S/C14H10N4O8/c15-6-1-2-10(17(22)23)8(3-6)14(21)26-11-5-7(16)4-9(13(19)20)12(11)18(24)25/h1-5H,15-16H2,(H,19,20). The molecule has 0 aliphatic carbocycles. The fourth-order valence-corrected chi connectivity index (χ4v) is 2.09. The fraction of sp³-hybridized carbons (Fsp3) is 0. The van der Waals surface area contributed by atoms with Gasteiger partial charge in [0.2, 0.25) is 5.75 Å². The third kappa shape index (κ3) is 3.48. The molecule has 0 unspecified atom stereocenters. The van der Waals surface area contributed by atoms with Crippen molar-refractivity contribution in [2.75, 3.05) is 11.5 Å². The number of benzene rings is 2. The highest BCUT2D eigenvalue weighted by Gasteiger charge is 2.30. The second-order valence-corrected chi connectivity index (χ2v) is 4.90. The van der Waals surface area contributed by atoms with Crippen molar-refractivity contribution in [3.05, 3.63) is 61.7 Å². The summed E-state index contributed by atoms with van der Waals surface area (Å²) in [7, 11) is 0. The van der Waals surface area contributed by atoms with E-state index < -0.39 is 50.0 Å². The largest absolute Gasteiger partial charge is 0.477 e. The van der Waals surface area contributed by atoms with Crippen LogP contribution in [-0.2, 0) is 0 Å². The summed E-state index contributed by atoms with van der Waals surface area (Å²) in [6.07, 6.45) is 0. The molecule has 0 aliphatic rings. The minimum Gasteiger partial charge on any atom is -0.477 e. The normalized spacial score (nSPS) is 10.2. The first-order valence-electron chi connectivity index (χ1n) is 6.69. The first kappa shape index (κ1) is 18.1. The molecule has 2 aromatic carbocycles. The van der Waals surface area contributed by atoms with E-state index in [1.807, 2.05) is 0 Å². The number of nitrogens with two attached hydrogens (primary N) is 2. The van der Waals surface area contributed by atoms with Gasteiger partial charge in [-0.05, 0) is 18.2 Å². The van der Waals surface area contributed by atoms with Crippen LogP contribution in [0.5, 0.6) is 5.75 Å². The number of esters is 1. The van der Waals surface area contributed by atoms with Crippen molar-refractivity contribution in [3.63, 3.8) is 0 Å². The number of nitro benzene ring substituents is 2. The molecule has 0 heterocycles. The average Bonchev–Trinajstić information content (AvgIpc) is 2.53. The summed E-state index contributed by atoms with van der Waals surface area (Å²) < 4.78 is 4.83. The molecule has 12 heteroatoms. The predicted molar refractivity (Wildman–Crippen MR) is 86.9 cm³/mol. The molecule has 0 saturated carbocycles.